The van der Waals surface area contributed by atoms with Gasteiger partial charge in [0.1, 0.15) is 17.3 Å². The molecule has 6 nitrogen and oxygen atoms in total. The summed E-state index contributed by atoms with van der Waals surface area (Å²) in [6.45, 7) is 3.48. The average Bonchev–Trinajstić information content (AvgIpc) is 2.50. The molecule has 2 N–H and O–H groups in total. The van der Waals surface area contributed by atoms with Gasteiger partial charge >= 0.3 is 0 Å². The molecule has 134 valence electrons. The molecule has 0 saturated heterocycles. The van der Waals surface area contributed by atoms with Gasteiger partial charge in [0.15, 0.2) is 0 Å². The summed E-state index contributed by atoms with van der Waals surface area (Å²) in [4.78, 5) is 23.1. The van der Waals surface area contributed by atoms with E-state index in [4.69, 9.17) is 23.2 Å². The fourth-order valence-electron chi connectivity index (χ4n) is 2.21. The van der Waals surface area contributed by atoms with E-state index in [1.807, 2.05) is 14.1 Å². The van der Waals surface area contributed by atoms with Crippen LogP contribution in [0.15, 0.2) is 24.3 Å². The molecule has 0 aliphatic carbocycles. The van der Waals surface area contributed by atoms with Gasteiger partial charge in [0, 0.05) is 28.3 Å². The molecular formula is C17H21Cl2N5O. The number of amides is 1. The first-order chi connectivity index (χ1) is 11.8. The largest absolute Gasteiger partial charge is 0.370 e. The first kappa shape index (κ1) is 19.4. The van der Waals surface area contributed by atoms with Crippen LogP contribution in [0, 0.1) is 6.92 Å². The summed E-state index contributed by atoms with van der Waals surface area (Å²) in [6.07, 6.45) is 0.971. The highest BCUT2D eigenvalue weighted by Gasteiger charge is 2.11. The maximum absolute atomic E-state index is 12.4. The lowest BCUT2D eigenvalue weighted by atomic mass is 10.3. The smallest absolute Gasteiger partial charge is 0.274 e. The Morgan fingerprint density at radius 2 is 1.80 bits per heavy atom. The SMILES string of the molecule is Cc1nc(NCCCN(C)C)cc(C(=O)Nc2cc(Cl)cc(Cl)c2)n1. The second kappa shape index (κ2) is 8.99. The zero-order valence-electron chi connectivity index (χ0n) is 14.4. The van der Waals surface area contributed by atoms with Crippen LogP contribution in [-0.4, -0.2) is 48.0 Å². The van der Waals surface area contributed by atoms with Crippen LogP contribution in [0.4, 0.5) is 11.5 Å². The van der Waals surface area contributed by atoms with Crippen LogP contribution < -0.4 is 10.6 Å². The van der Waals surface area contributed by atoms with Crippen molar-refractivity contribution >= 4 is 40.6 Å². The summed E-state index contributed by atoms with van der Waals surface area (Å²) in [6, 6.07) is 6.48. The van der Waals surface area contributed by atoms with E-state index in [2.05, 4.69) is 25.5 Å². The molecule has 0 saturated carbocycles. The van der Waals surface area contributed by atoms with E-state index in [-0.39, 0.29) is 11.6 Å². The number of anilines is 2. The number of hydrogen-bond donors (Lipinski definition) is 2. The van der Waals surface area contributed by atoms with Crippen molar-refractivity contribution in [1.82, 2.24) is 14.9 Å². The van der Waals surface area contributed by atoms with Crippen molar-refractivity contribution < 1.29 is 4.79 Å². The summed E-state index contributed by atoms with van der Waals surface area (Å²) in [5.74, 6) is 0.799. The van der Waals surface area contributed by atoms with Crippen molar-refractivity contribution in [2.45, 2.75) is 13.3 Å². The Hall–Kier alpha value is -1.89. The molecule has 0 bridgehead atoms. The summed E-state index contributed by atoms with van der Waals surface area (Å²) in [5.41, 5.74) is 0.790. The van der Waals surface area contributed by atoms with Crippen molar-refractivity contribution in [2.75, 3.05) is 37.8 Å². The number of nitrogens with one attached hydrogen (secondary N) is 2. The van der Waals surface area contributed by atoms with Crippen molar-refractivity contribution in [1.29, 1.82) is 0 Å². The number of nitrogens with zero attached hydrogens (tertiary/aromatic N) is 3. The van der Waals surface area contributed by atoms with Crippen molar-refractivity contribution in [2.24, 2.45) is 0 Å². The average molecular weight is 382 g/mol. The van der Waals surface area contributed by atoms with Crippen LogP contribution in [0.3, 0.4) is 0 Å². The molecule has 2 aromatic rings. The minimum absolute atomic E-state index is 0.277. The summed E-state index contributed by atoms with van der Waals surface area (Å²) in [7, 11) is 4.05. The monoisotopic (exact) mass is 381 g/mol. The first-order valence-electron chi connectivity index (χ1n) is 7.85. The number of hydrogen-bond acceptors (Lipinski definition) is 5. The highest BCUT2D eigenvalue weighted by molar-refractivity contribution is 6.35. The van der Waals surface area contributed by atoms with Gasteiger partial charge in [-0.05, 0) is 52.2 Å². The van der Waals surface area contributed by atoms with E-state index in [9.17, 15) is 4.79 Å². The minimum atomic E-state index is -0.347. The number of benzene rings is 1. The standard InChI is InChI=1S/C17H21Cl2N5O/c1-11-21-15(10-16(22-11)20-5-4-6-24(2)3)17(25)23-14-8-12(18)7-13(19)9-14/h7-10H,4-6H2,1-3H3,(H,23,25)(H,20,21,22). The maximum Gasteiger partial charge on any atom is 0.274 e. The Labute approximate surface area is 157 Å². The van der Waals surface area contributed by atoms with Crippen LogP contribution in [0.2, 0.25) is 10.0 Å². The Balaban J connectivity index is 2.06. The van der Waals surface area contributed by atoms with Crippen LogP contribution in [0.5, 0.6) is 0 Å². The number of aryl methyl sites for hydroxylation is 1. The predicted octanol–water partition coefficient (Wildman–Crippen LogP) is 3.71. The molecule has 25 heavy (non-hydrogen) atoms. The highest BCUT2D eigenvalue weighted by atomic mass is 35.5. The molecule has 1 heterocycles. The minimum Gasteiger partial charge on any atom is -0.370 e. The topological polar surface area (TPSA) is 70.2 Å². The van der Waals surface area contributed by atoms with Gasteiger partial charge in [-0.3, -0.25) is 4.79 Å². The highest BCUT2D eigenvalue weighted by Crippen LogP contribution is 2.23. The Kier molecular flexibility index (Phi) is 6.99. The summed E-state index contributed by atoms with van der Waals surface area (Å²) in [5, 5.41) is 6.86. The van der Waals surface area contributed by atoms with Gasteiger partial charge in [-0.1, -0.05) is 23.2 Å². The molecule has 0 aliphatic rings. The van der Waals surface area contributed by atoms with Gasteiger partial charge in [0.25, 0.3) is 5.91 Å². The van der Waals surface area contributed by atoms with E-state index in [1.165, 1.54) is 0 Å². The summed E-state index contributed by atoms with van der Waals surface area (Å²) >= 11 is 11.9. The Morgan fingerprint density at radius 1 is 1.12 bits per heavy atom. The zero-order valence-corrected chi connectivity index (χ0v) is 15.9. The quantitative estimate of drug-likeness (QED) is 0.715. The first-order valence-corrected chi connectivity index (χ1v) is 8.61. The van der Waals surface area contributed by atoms with Crippen LogP contribution >= 0.6 is 23.2 Å². The second-order valence-corrected chi connectivity index (χ2v) is 6.75. The molecule has 0 spiro atoms. The molecular weight excluding hydrogens is 361 g/mol. The lowest BCUT2D eigenvalue weighted by Crippen LogP contribution is -2.18. The molecule has 0 aliphatic heterocycles. The third kappa shape index (κ3) is 6.49. The van der Waals surface area contributed by atoms with E-state index in [0.29, 0.717) is 27.4 Å². The van der Waals surface area contributed by atoms with E-state index in [1.54, 1.807) is 31.2 Å². The fraction of sp³-hybridized carbons (Fsp3) is 0.353. The molecule has 0 atom stereocenters. The lowest BCUT2D eigenvalue weighted by Gasteiger charge is -2.11. The number of aromatic nitrogens is 2. The van der Waals surface area contributed by atoms with Crippen LogP contribution in [-0.2, 0) is 0 Å². The molecule has 8 heteroatoms. The molecule has 0 fully saturated rings. The number of rotatable bonds is 7. The molecule has 0 radical (unpaired) electrons. The molecule has 0 unspecified atom stereocenters. The van der Waals surface area contributed by atoms with Crippen molar-refractivity contribution in [3.05, 3.63) is 45.8 Å². The van der Waals surface area contributed by atoms with Gasteiger partial charge in [0.2, 0.25) is 0 Å². The lowest BCUT2D eigenvalue weighted by molar-refractivity contribution is 0.102. The number of carbonyl (C=O) groups is 1. The predicted molar refractivity (Wildman–Crippen MR) is 103 cm³/mol. The van der Waals surface area contributed by atoms with Gasteiger partial charge in [-0.15, -0.1) is 0 Å². The molecule has 1 aromatic heterocycles. The van der Waals surface area contributed by atoms with Gasteiger partial charge in [-0.2, -0.15) is 0 Å². The summed E-state index contributed by atoms with van der Waals surface area (Å²) < 4.78 is 0. The molecule has 1 amide bonds. The van der Waals surface area contributed by atoms with E-state index < -0.39 is 0 Å². The molecule has 1 aromatic carbocycles. The van der Waals surface area contributed by atoms with Crippen molar-refractivity contribution in [3.63, 3.8) is 0 Å². The second-order valence-electron chi connectivity index (χ2n) is 5.88. The van der Waals surface area contributed by atoms with Gasteiger partial charge in [-0.25, -0.2) is 9.97 Å². The third-order valence-electron chi connectivity index (χ3n) is 3.28. The third-order valence-corrected chi connectivity index (χ3v) is 3.72. The fourth-order valence-corrected chi connectivity index (χ4v) is 2.73. The molecule has 2 rings (SSSR count). The van der Waals surface area contributed by atoms with Gasteiger partial charge in [0.05, 0.1) is 0 Å². The Bertz CT molecular complexity index is 732. The normalized spacial score (nSPS) is 10.8. The zero-order chi connectivity index (χ0) is 18.4. The number of halogens is 2. The van der Waals surface area contributed by atoms with Crippen LogP contribution in [0.25, 0.3) is 0 Å². The van der Waals surface area contributed by atoms with E-state index >= 15 is 0 Å². The van der Waals surface area contributed by atoms with Gasteiger partial charge < -0.3 is 15.5 Å². The number of carbonyl (C=O) groups excluding carboxylic acids is 1. The maximum atomic E-state index is 12.4. The van der Waals surface area contributed by atoms with Crippen LogP contribution in [0.1, 0.15) is 22.7 Å². The van der Waals surface area contributed by atoms with E-state index in [0.717, 1.165) is 19.5 Å². The van der Waals surface area contributed by atoms with Crippen molar-refractivity contribution in [3.8, 4) is 0 Å². The Morgan fingerprint density at radius 3 is 2.44 bits per heavy atom.